The lowest BCUT2D eigenvalue weighted by Crippen LogP contribution is -2.36. The predicted molar refractivity (Wildman–Crippen MR) is 72.4 cm³/mol. The van der Waals surface area contributed by atoms with Crippen LogP contribution in [-0.2, 0) is 0 Å². The van der Waals surface area contributed by atoms with Crippen LogP contribution in [0.1, 0.15) is 0 Å². The predicted octanol–water partition coefficient (Wildman–Crippen LogP) is 0.570. The summed E-state index contributed by atoms with van der Waals surface area (Å²) < 4.78 is 0. The Balaban J connectivity index is 0.00000120. The molecule has 1 aromatic rings. The molecule has 2 fully saturated rings. The lowest BCUT2D eigenvalue weighted by molar-refractivity contribution is 0.135. The molecular weight excluding hydrogens is 275 g/mol. The highest BCUT2D eigenvalue weighted by molar-refractivity contribution is 6.30. The number of anilines is 1. The van der Waals surface area contributed by atoms with Crippen LogP contribution in [0.4, 0.5) is 5.95 Å². The molecule has 2 atom stereocenters. The molecule has 7 heteroatoms. The van der Waals surface area contributed by atoms with E-state index < -0.39 is 0 Å². The van der Waals surface area contributed by atoms with Crippen molar-refractivity contribution in [3.05, 3.63) is 17.4 Å². The third-order valence-corrected chi connectivity index (χ3v) is 4.08. The van der Waals surface area contributed by atoms with Crippen molar-refractivity contribution < 1.29 is 5.11 Å². The molecule has 3 heterocycles. The zero-order valence-corrected chi connectivity index (χ0v) is 11.4. The number of aromatic nitrogens is 2. The Morgan fingerprint density at radius 1 is 1.50 bits per heavy atom. The van der Waals surface area contributed by atoms with Crippen molar-refractivity contribution >= 4 is 30.0 Å². The van der Waals surface area contributed by atoms with Gasteiger partial charge >= 0.3 is 0 Å². The zero-order valence-electron chi connectivity index (χ0n) is 9.84. The minimum Gasteiger partial charge on any atom is -0.396 e. The first-order chi connectivity index (χ1) is 8.23. The largest absolute Gasteiger partial charge is 0.396 e. The fourth-order valence-electron chi connectivity index (χ4n) is 2.87. The van der Waals surface area contributed by atoms with Gasteiger partial charge in [-0.05, 0) is 5.92 Å². The van der Waals surface area contributed by atoms with Crippen LogP contribution in [0.15, 0.2) is 12.4 Å². The number of nitrogens with one attached hydrogen (secondary N) is 1. The Labute approximate surface area is 117 Å². The van der Waals surface area contributed by atoms with E-state index in [2.05, 4.69) is 20.2 Å². The summed E-state index contributed by atoms with van der Waals surface area (Å²) in [5, 5.41) is 13.5. The first-order valence-electron chi connectivity index (χ1n) is 5.78. The van der Waals surface area contributed by atoms with Gasteiger partial charge in [-0.2, -0.15) is 0 Å². The number of rotatable bonds is 2. The van der Waals surface area contributed by atoms with Crippen LogP contribution in [0.5, 0.6) is 0 Å². The van der Waals surface area contributed by atoms with Crippen molar-refractivity contribution in [1.82, 2.24) is 15.3 Å². The molecule has 18 heavy (non-hydrogen) atoms. The number of hydrogen-bond acceptors (Lipinski definition) is 5. The highest BCUT2D eigenvalue weighted by atomic mass is 35.5. The van der Waals surface area contributed by atoms with Crippen LogP contribution < -0.4 is 10.2 Å². The van der Waals surface area contributed by atoms with Gasteiger partial charge in [0.2, 0.25) is 5.95 Å². The van der Waals surface area contributed by atoms with Gasteiger partial charge in [0.15, 0.2) is 0 Å². The maximum Gasteiger partial charge on any atom is 0.225 e. The molecular formula is C11H16Cl2N4O. The SMILES string of the molecule is Cl.OCC12CNCC1CN(c1ncc(Cl)cn1)C2. The number of halogens is 2. The normalized spacial score (nSPS) is 30.1. The van der Waals surface area contributed by atoms with E-state index in [0.717, 1.165) is 26.2 Å². The lowest BCUT2D eigenvalue weighted by atomic mass is 9.82. The Hall–Kier alpha value is -0.620. The monoisotopic (exact) mass is 290 g/mol. The lowest BCUT2D eigenvalue weighted by Gasteiger charge is -2.24. The molecule has 2 saturated heterocycles. The second-order valence-electron chi connectivity index (χ2n) is 4.93. The summed E-state index contributed by atoms with van der Waals surface area (Å²) in [4.78, 5) is 10.6. The van der Waals surface area contributed by atoms with Gasteiger partial charge in [-0.3, -0.25) is 0 Å². The second kappa shape index (κ2) is 5.17. The minimum atomic E-state index is -0.0248. The third kappa shape index (κ3) is 2.16. The van der Waals surface area contributed by atoms with Crippen LogP contribution in [0.2, 0.25) is 5.02 Å². The Morgan fingerprint density at radius 3 is 2.83 bits per heavy atom. The Bertz CT molecular complexity index is 416. The molecule has 2 aliphatic heterocycles. The van der Waals surface area contributed by atoms with Crippen LogP contribution >= 0.6 is 24.0 Å². The van der Waals surface area contributed by atoms with Crippen LogP contribution in [0.3, 0.4) is 0 Å². The van der Waals surface area contributed by atoms with E-state index in [4.69, 9.17) is 11.6 Å². The van der Waals surface area contributed by atoms with Crippen molar-refractivity contribution in [3.63, 3.8) is 0 Å². The first-order valence-corrected chi connectivity index (χ1v) is 6.15. The summed E-state index contributed by atoms with van der Waals surface area (Å²) >= 11 is 5.78. The summed E-state index contributed by atoms with van der Waals surface area (Å²) in [5.74, 6) is 1.18. The fraction of sp³-hybridized carbons (Fsp3) is 0.636. The number of aliphatic hydroxyl groups excluding tert-OH is 1. The molecule has 0 aliphatic carbocycles. The van der Waals surface area contributed by atoms with E-state index in [1.807, 2.05) is 0 Å². The Morgan fingerprint density at radius 2 is 2.22 bits per heavy atom. The topological polar surface area (TPSA) is 61.3 Å². The van der Waals surface area contributed by atoms with Crippen molar-refractivity contribution in [2.24, 2.45) is 11.3 Å². The molecule has 3 rings (SSSR count). The molecule has 1 aromatic heterocycles. The van der Waals surface area contributed by atoms with Gasteiger partial charge < -0.3 is 15.3 Å². The molecule has 0 radical (unpaired) electrons. The van der Waals surface area contributed by atoms with Gasteiger partial charge in [-0.25, -0.2) is 9.97 Å². The molecule has 2 N–H and O–H groups in total. The number of nitrogens with zero attached hydrogens (tertiary/aromatic N) is 3. The average Bonchev–Trinajstić information content (AvgIpc) is 2.86. The van der Waals surface area contributed by atoms with Crippen molar-refractivity contribution in [2.45, 2.75) is 0 Å². The Kier molecular flexibility index (Phi) is 3.96. The summed E-state index contributed by atoms with van der Waals surface area (Å²) in [6.45, 7) is 3.76. The number of hydrogen-bond donors (Lipinski definition) is 2. The fourth-order valence-corrected chi connectivity index (χ4v) is 2.96. The van der Waals surface area contributed by atoms with E-state index in [0.29, 0.717) is 16.9 Å². The molecule has 0 spiro atoms. The minimum absolute atomic E-state index is 0. The van der Waals surface area contributed by atoms with Gasteiger partial charge in [0.1, 0.15) is 0 Å². The molecule has 5 nitrogen and oxygen atoms in total. The van der Waals surface area contributed by atoms with Crippen LogP contribution in [-0.4, -0.2) is 47.9 Å². The maximum absolute atomic E-state index is 9.61. The maximum atomic E-state index is 9.61. The van der Waals surface area contributed by atoms with Gasteiger partial charge in [0.25, 0.3) is 0 Å². The van der Waals surface area contributed by atoms with Crippen molar-refractivity contribution in [2.75, 3.05) is 37.7 Å². The molecule has 2 unspecified atom stereocenters. The second-order valence-corrected chi connectivity index (χ2v) is 5.37. The summed E-state index contributed by atoms with van der Waals surface area (Å²) in [5.41, 5.74) is -0.0248. The van der Waals surface area contributed by atoms with Crippen molar-refractivity contribution in [3.8, 4) is 0 Å². The van der Waals surface area contributed by atoms with E-state index in [1.165, 1.54) is 0 Å². The van der Waals surface area contributed by atoms with E-state index in [9.17, 15) is 5.11 Å². The zero-order chi connectivity index (χ0) is 11.9. The van der Waals surface area contributed by atoms with Gasteiger partial charge in [0.05, 0.1) is 24.0 Å². The molecule has 100 valence electrons. The third-order valence-electron chi connectivity index (χ3n) is 3.88. The molecule has 2 aliphatic rings. The van der Waals surface area contributed by atoms with Gasteiger partial charge in [0, 0.05) is 31.6 Å². The smallest absolute Gasteiger partial charge is 0.225 e. The molecule has 0 amide bonds. The summed E-state index contributed by atoms with van der Waals surface area (Å²) in [6, 6.07) is 0. The standard InChI is InChI=1S/C11H15ClN4O.ClH/c12-9-2-14-10(15-3-9)16-4-8-1-13-5-11(8,6-16)7-17;/h2-3,8,13,17H,1,4-7H2;1H. The quantitative estimate of drug-likeness (QED) is 0.834. The van der Waals surface area contributed by atoms with E-state index in [-0.39, 0.29) is 24.4 Å². The molecule has 0 saturated carbocycles. The average molecular weight is 291 g/mol. The van der Waals surface area contributed by atoms with Gasteiger partial charge in [-0.1, -0.05) is 11.6 Å². The molecule has 0 aromatic carbocycles. The highest BCUT2D eigenvalue weighted by Gasteiger charge is 2.49. The number of aliphatic hydroxyl groups is 1. The van der Waals surface area contributed by atoms with Crippen LogP contribution in [0.25, 0.3) is 0 Å². The van der Waals surface area contributed by atoms with Gasteiger partial charge in [-0.15, -0.1) is 12.4 Å². The highest BCUT2D eigenvalue weighted by Crippen LogP contribution is 2.39. The van der Waals surface area contributed by atoms with E-state index in [1.54, 1.807) is 12.4 Å². The van der Waals surface area contributed by atoms with Crippen LogP contribution in [0, 0.1) is 11.3 Å². The number of fused-ring (bicyclic) bond motifs is 1. The van der Waals surface area contributed by atoms with E-state index >= 15 is 0 Å². The first kappa shape index (κ1) is 13.8. The summed E-state index contributed by atoms with van der Waals surface area (Å²) in [7, 11) is 0. The summed E-state index contributed by atoms with van der Waals surface area (Å²) in [6.07, 6.45) is 3.23. The van der Waals surface area contributed by atoms with Crippen molar-refractivity contribution in [1.29, 1.82) is 0 Å². The molecule has 0 bridgehead atoms.